The molecule has 0 saturated carbocycles. The summed E-state index contributed by atoms with van der Waals surface area (Å²) >= 11 is 0. The Balaban J connectivity index is 2.17. The Morgan fingerprint density at radius 3 is 1.99 bits per heavy atom. The van der Waals surface area contributed by atoms with Crippen LogP contribution in [0.5, 0.6) is 0 Å². The molecule has 5 N–H and O–H groups in total. The van der Waals surface area contributed by atoms with Crippen LogP contribution in [0.1, 0.15) is 99.5 Å². The molecule has 0 radical (unpaired) electrons. The molecule has 1 aliphatic rings. The first kappa shape index (κ1) is 62.8. The Labute approximate surface area is 429 Å². The van der Waals surface area contributed by atoms with Crippen molar-refractivity contribution in [1.82, 2.24) is 46.2 Å². The quantitative estimate of drug-likeness (QED) is 0.0553. The number of ether oxygens (including phenoxy) is 3. The lowest BCUT2D eigenvalue weighted by Gasteiger charge is -2.41. The molecule has 72 heavy (non-hydrogen) atoms. The van der Waals surface area contributed by atoms with Gasteiger partial charge in [0.1, 0.15) is 18.1 Å². The van der Waals surface area contributed by atoms with Crippen LogP contribution in [0.3, 0.4) is 0 Å². The molecule has 0 aliphatic carbocycles. The molecule has 0 aromatic heterocycles. The molecule has 1 aromatic rings. The van der Waals surface area contributed by atoms with Gasteiger partial charge in [0.05, 0.1) is 49.3 Å². The number of carbonyl (C=O) groups is 8. The summed E-state index contributed by atoms with van der Waals surface area (Å²) in [5, 5.41) is 13.9. The minimum atomic E-state index is -0.977. The molecule has 408 valence electrons. The zero-order valence-corrected chi connectivity index (χ0v) is 45.9. The van der Waals surface area contributed by atoms with Crippen molar-refractivity contribution >= 4 is 47.4 Å². The van der Waals surface area contributed by atoms with Gasteiger partial charge >= 0.3 is 12.0 Å². The number of hydrogen-bond donors (Lipinski definition) is 5. The highest BCUT2D eigenvalue weighted by atomic mass is 16.5. The molecule has 20 nitrogen and oxygen atoms in total. The number of likely N-dealkylation sites (N-methyl/N-ethyl adjacent to an activating group) is 2. The first-order valence-corrected chi connectivity index (χ1v) is 25.5. The summed E-state index contributed by atoms with van der Waals surface area (Å²) in [6, 6.07) is 4.78. The van der Waals surface area contributed by atoms with Crippen LogP contribution in [-0.4, -0.2) is 191 Å². The Morgan fingerprint density at radius 2 is 1.43 bits per heavy atom. The molecule has 1 aromatic carbocycles. The predicted octanol–water partition coefficient (Wildman–Crippen LogP) is 2.58. The third-order valence-electron chi connectivity index (χ3n) is 13.5. The molecular formula is C52H89N9O11. The number of rotatable bonds is 30. The molecule has 1 heterocycles. The lowest BCUT2D eigenvalue weighted by atomic mass is 9.89. The van der Waals surface area contributed by atoms with Crippen molar-refractivity contribution in [3.63, 3.8) is 0 Å². The van der Waals surface area contributed by atoms with Crippen LogP contribution in [0, 0.1) is 23.7 Å². The van der Waals surface area contributed by atoms with Gasteiger partial charge in [-0.2, -0.15) is 0 Å². The van der Waals surface area contributed by atoms with Crippen LogP contribution in [0.15, 0.2) is 30.3 Å². The Bertz CT molecular complexity index is 1890. The van der Waals surface area contributed by atoms with Gasteiger partial charge in [-0.3, -0.25) is 33.7 Å². The number of methoxy groups -OCH3 is 2. The van der Waals surface area contributed by atoms with E-state index in [1.54, 1.807) is 37.9 Å². The van der Waals surface area contributed by atoms with E-state index in [1.807, 2.05) is 90.9 Å². The van der Waals surface area contributed by atoms with Gasteiger partial charge < -0.3 is 55.5 Å². The van der Waals surface area contributed by atoms with Gasteiger partial charge in [-0.05, 0) is 63.6 Å². The van der Waals surface area contributed by atoms with Gasteiger partial charge in [-0.1, -0.05) is 85.2 Å². The monoisotopic (exact) mass is 1020 g/mol. The molecule has 8 amide bonds. The molecular weight excluding hydrogens is 927 g/mol. The van der Waals surface area contributed by atoms with E-state index in [9.17, 15) is 38.4 Å². The summed E-state index contributed by atoms with van der Waals surface area (Å²) < 4.78 is 17.4. The predicted molar refractivity (Wildman–Crippen MR) is 275 cm³/mol. The maximum atomic E-state index is 14.5. The third-order valence-corrected chi connectivity index (χ3v) is 13.5. The van der Waals surface area contributed by atoms with Crippen molar-refractivity contribution in [2.75, 3.05) is 75.7 Å². The van der Waals surface area contributed by atoms with Crippen molar-refractivity contribution in [2.24, 2.45) is 23.7 Å². The number of carbonyl (C=O) groups excluding carboxylic acids is 8. The molecule has 2 unspecified atom stereocenters. The topological polar surface area (TPSA) is 237 Å². The summed E-state index contributed by atoms with van der Waals surface area (Å²) in [6.45, 7) is 15.6. The third kappa shape index (κ3) is 19.3. The second-order valence-corrected chi connectivity index (χ2v) is 20.2. The average molecular weight is 1020 g/mol. The van der Waals surface area contributed by atoms with Crippen LogP contribution in [0.4, 0.5) is 4.79 Å². The van der Waals surface area contributed by atoms with Crippen LogP contribution in [0.2, 0.25) is 0 Å². The van der Waals surface area contributed by atoms with Gasteiger partial charge in [-0.15, -0.1) is 0 Å². The number of nitrogens with one attached hydrogen (secondary N) is 5. The molecule has 10 atom stereocenters. The first-order chi connectivity index (χ1) is 33.9. The lowest BCUT2D eigenvalue weighted by molar-refractivity contribution is -0.148. The Morgan fingerprint density at radius 1 is 0.778 bits per heavy atom. The lowest BCUT2D eigenvalue weighted by Crippen LogP contribution is -2.59. The first-order valence-electron chi connectivity index (χ1n) is 25.5. The van der Waals surface area contributed by atoms with Crippen molar-refractivity contribution in [1.29, 1.82) is 0 Å². The Kier molecular flexibility index (Phi) is 27.3. The Hall–Kier alpha value is -5.34. The second-order valence-electron chi connectivity index (χ2n) is 20.2. The number of urea groups is 1. The zero-order valence-electron chi connectivity index (χ0n) is 45.9. The summed E-state index contributed by atoms with van der Waals surface area (Å²) in [6.07, 6.45) is 0.904. The van der Waals surface area contributed by atoms with Crippen molar-refractivity contribution in [2.45, 2.75) is 149 Å². The highest BCUT2D eigenvalue weighted by molar-refractivity contribution is 5.91. The van der Waals surface area contributed by atoms with Crippen molar-refractivity contribution < 1.29 is 52.6 Å². The SMILES string of the molecule is CC[C@H](C)[C@@H]([C@@H](CC(=O)N1CCC[C@H]1[C@H](OC)[C@@H](C)C(=O)N[C@@H](Cc1ccccc1)C(=O)NCCCOC(=O)C(C)NC(=O)CCNC(=O)N(C)C)OC)N(C)C(=O)C(NC(=O)[C@H](C(C)C)N(C)C)C(C)C. The van der Waals surface area contributed by atoms with Crippen LogP contribution < -0.4 is 26.6 Å². The summed E-state index contributed by atoms with van der Waals surface area (Å²) in [5.41, 5.74) is 0.816. The molecule has 0 bridgehead atoms. The zero-order chi connectivity index (χ0) is 54.4. The second kappa shape index (κ2) is 31.3. The van der Waals surface area contributed by atoms with E-state index in [2.05, 4.69) is 26.6 Å². The van der Waals surface area contributed by atoms with E-state index in [4.69, 9.17) is 14.2 Å². The van der Waals surface area contributed by atoms with Gasteiger partial charge in [0.2, 0.25) is 35.4 Å². The van der Waals surface area contributed by atoms with Crippen LogP contribution in [-0.2, 0) is 54.2 Å². The summed E-state index contributed by atoms with van der Waals surface area (Å²) in [7, 11) is 11.6. The van der Waals surface area contributed by atoms with E-state index in [-0.39, 0.29) is 86.9 Å². The molecule has 1 aliphatic heterocycles. The van der Waals surface area contributed by atoms with E-state index in [0.29, 0.717) is 25.8 Å². The standard InChI is InChI=1S/C52H89N9O11/c1-16-34(6)45(60(13)50(67)43(32(2)3)57-49(66)44(33(4)5)58(9)10)40(70-14)31-42(63)61-28-20-24-39(61)46(71-15)35(7)47(64)56-38(30-37-22-18-17-19-23-37)48(65)53-26-21-29-72-51(68)36(8)55-41(62)25-27-54-52(69)59(11)12/h17-19,22-23,32-36,38-40,43-46H,16,20-21,24-31H2,1-15H3,(H,53,65)(H,54,69)(H,55,62)(H,56,64)(H,57,66)/t34-,35+,36?,38-,39-,40+,43?,44-,45-,46+/m0/s1. The van der Waals surface area contributed by atoms with Crippen molar-refractivity contribution in [3.05, 3.63) is 35.9 Å². The highest BCUT2D eigenvalue weighted by Gasteiger charge is 2.43. The smallest absolute Gasteiger partial charge is 0.328 e. The number of nitrogens with zero attached hydrogens (tertiary/aromatic N) is 4. The van der Waals surface area contributed by atoms with E-state index < -0.39 is 78.1 Å². The van der Waals surface area contributed by atoms with Crippen LogP contribution in [0.25, 0.3) is 0 Å². The number of esters is 1. The number of hydrogen-bond acceptors (Lipinski definition) is 12. The van der Waals surface area contributed by atoms with Crippen molar-refractivity contribution in [3.8, 4) is 0 Å². The number of benzene rings is 1. The molecule has 20 heteroatoms. The van der Waals surface area contributed by atoms with E-state index in [1.165, 1.54) is 26.0 Å². The van der Waals surface area contributed by atoms with E-state index in [0.717, 1.165) is 5.56 Å². The molecule has 1 fully saturated rings. The minimum absolute atomic E-state index is 0.0118. The summed E-state index contributed by atoms with van der Waals surface area (Å²) in [4.78, 5) is 113. The van der Waals surface area contributed by atoms with Gasteiger partial charge in [0.15, 0.2) is 0 Å². The fraction of sp³-hybridized carbons (Fsp3) is 0.731. The largest absolute Gasteiger partial charge is 0.464 e. The molecule has 1 saturated heterocycles. The van der Waals surface area contributed by atoms with E-state index >= 15 is 0 Å². The fourth-order valence-corrected chi connectivity index (χ4v) is 9.29. The number of amides is 8. The fourth-order valence-electron chi connectivity index (χ4n) is 9.29. The molecule has 0 spiro atoms. The molecule has 2 rings (SSSR count). The van der Waals surface area contributed by atoms with Gasteiger partial charge in [-0.25, -0.2) is 9.59 Å². The summed E-state index contributed by atoms with van der Waals surface area (Å²) in [5.74, 6) is -3.76. The van der Waals surface area contributed by atoms with Gasteiger partial charge in [0.25, 0.3) is 0 Å². The highest BCUT2D eigenvalue weighted by Crippen LogP contribution is 2.30. The average Bonchev–Trinajstić information content (AvgIpc) is 3.81. The normalized spacial score (nSPS) is 17.4. The number of likely N-dealkylation sites (tertiary alicyclic amines) is 1. The maximum Gasteiger partial charge on any atom is 0.328 e. The van der Waals surface area contributed by atoms with Crippen LogP contribution >= 0.6 is 0 Å². The maximum absolute atomic E-state index is 14.5. The minimum Gasteiger partial charge on any atom is -0.464 e. The van der Waals surface area contributed by atoms with Gasteiger partial charge in [0, 0.05) is 67.8 Å².